The predicted octanol–water partition coefficient (Wildman–Crippen LogP) is 4.28. The molecule has 4 aromatic rings. The van der Waals surface area contributed by atoms with Crippen molar-refractivity contribution in [2.45, 2.75) is 26.6 Å². The molecule has 4 rings (SSSR count). The summed E-state index contributed by atoms with van der Waals surface area (Å²) in [6.45, 7) is 5.78. The first-order valence-electron chi connectivity index (χ1n) is 9.58. The van der Waals surface area contributed by atoms with Crippen LogP contribution in [0.15, 0.2) is 72.8 Å². The number of imidazole rings is 1. The zero-order valence-electron chi connectivity index (χ0n) is 16.0. The molecule has 0 bridgehead atoms. The van der Waals surface area contributed by atoms with Gasteiger partial charge in [0.25, 0.3) is 0 Å². The first-order chi connectivity index (χ1) is 13.8. The first-order valence-corrected chi connectivity index (χ1v) is 10.5. The molecule has 1 aromatic carbocycles. The van der Waals surface area contributed by atoms with Gasteiger partial charge in [-0.1, -0.05) is 43.3 Å². The van der Waals surface area contributed by atoms with Crippen molar-refractivity contribution in [1.29, 1.82) is 0 Å². The van der Waals surface area contributed by atoms with Crippen molar-refractivity contribution in [1.82, 2.24) is 24.6 Å². The molecule has 1 atom stereocenters. The second-order valence-corrected chi connectivity index (χ2v) is 8.11. The first kappa shape index (κ1) is 18.7. The second-order valence-electron chi connectivity index (χ2n) is 7.16. The number of hydrogen-bond acceptors (Lipinski definition) is 4. The van der Waals surface area contributed by atoms with Crippen molar-refractivity contribution in [3.8, 4) is 10.6 Å². The van der Waals surface area contributed by atoms with Crippen LogP contribution in [-0.2, 0) is 19.6 Å². The number of rotatable bonds is 9. The lowest BCUT2D eigenvalue weighted by Crippen LogP contribution is -2.23. The van der Waals surface area contributed by atoms with E-state index in [1.807, 2.05) is 24.8 Å². The molecule has 0 saturated heterocycles. The lowest BCUT2D eigenvalue weighted by Gasteiger charge is -2.13. The van der Waals surface area contributed by atoms with E-state index in [0.29, 0.717) is 5.92 Å². The van der Waals surface area contributed by atoms with Crippen LogP contribution in [-0.4, -0.2) is 25.9 Å². The van der Waals surface area contributed by atoms with Gasteiger partial charge in [0.1, 0.15) is 5.69 Å². The normalized spacial score (nSPS) is 12.3. The molecule has 0 aliphatic rings. The topological polar surface area (TPSA) is 47.7 Å². The molecule has 6 heteroatoms. The predicted molar refractivity (Wildman–Crippen MR) is 114 cm³/mol. The quantitative estimate of drug-likeness (QED) is 0.463. The molecule has 28 heavy (non-hydrogen) atoms. The van der Waals surface area contributed by atoms with Gasteiger partial charge in [-0.3, -0.25) is 4.68 Å². The van der Waals surface area contributed by atoms with Gasteiger partial charge < -0.3 is 9.88 Å². The van der Waals surface area contributed by atoms with Crippen molar-refractivity contribution in [3.05, 3.63) is 83.9 Å². The highest BCUT2D eigenvalue weighted by atomic mass is 32.1. The Morgan fingerprint density at radius 1 is 1.14 bits per heavy atom. The van der Waals surface area contributed by atoms with Crippen molar-refractivity contribution in [2.24, 2.45) is 5.92 Å². The van der Waals surface area contributed by atoms with E-state index in [0.717, 1.165) is 31.9 Å². The lowest BCUT2D eigenvalue weighted by molar-refractivity contribution is 0.445. The van der Waals surface area contributed by atoms with Gasteiger partial charge in [0, 0.05) is 37.2 Å². The van der Waals surface area contributed by atoms with Gasteiger partial charge in [0.2, 0.25) is 0 Å². The SMILES string of the molecule is CC(CNCc1cn(Cc2ccccc2)nc1-c1cccs1)Cn1ccnc1. The standard InChI is InChI=1S/C22H25N5S/c1-18(14-26-10-9-23-17-26)12-24-13-20-16-27(15-19-6-3-2-4-7-19)25-22(20)21-8-5-11-28-21/h2-11,16-18,24H,12-15H2,1H3. The average Bonchev–Trinajstić information content (AvgIpc) is 3.44. The Labute approximate surface area is 169 Å². The van der Waals surface area contributed by atoms with Crippen molar-refractivity contribution in [3.63, 3.8) is 0 Å². The number of nitrogens with one attached hydrogen (secondary N) is 1. The fourth-order valence-electron chi connectivity index (χ4n) is 3.34. The third-order valence-electron chi connectivity index (χ3n) is 4.67. The Balaban J connectivity index is 1.42. The van der Waals surface area contributed by atoms with Crippen molar-refractivity contribution < 1.29 is 0 Å². The average molecular weight is 392 g/mol. The molecule has 3 heterocycles. The van der Waals surface area contributed by atoms with E-state index in [2.05, 4.69) is 74.4 Å². The lowest BCUT2D eigenvalue weighted by atomic mass is 10.1. The maximum atomic E-state index is 4.88. The van der Waals surface area contributed by atoms with E-state index in [1.165, 1.54) is 16.0 Å². The summed E-state index contributed by atoms with van der Waals surface area (Å²) in [5, 5.41) is 10.6. The van der Waals surface area contributed by atoms with Gasteiger partial charge in [-0.2, -0.15) is 5.10 Å². The van der Waals surface area contributed by atoms with E-state index in [9.17, 15) is 0 Å². The Morgan fingerprint density at radius 2 is 2.04 bits per heavy atom. The molecule has 0 radical (unpaired) electrons. The molecule has 0 aliphatic heterocycles. The third-order valence-corrected chi connectivity index (χ3v) is 5.55. The summed E-state index contributed by atoms with van der Waals surface area (Å²) in [5.74, 6) is 0.527. The molecule has 1 unspecified atom stereocenters. The third kappa shape index (κ3) is 4.77. The second kappa shape index (κ2) is 8.99. The summed E-state index contributed by atoms with van der Waals surface area (Å²) in [5.41, 5.74) is 3.59. The van der Waals surface area contributed by atoms with Crippen LogP contribution < -0.4 is 5.32 Å². The van der Waals surface area contributed by atoms with Gasteiger partial charge in [0.15, 0.2) is 0 Å². The zero-order chi connectivity index (χ0) is 19.2. The Bertz CT molecular complexity index is 958. The highest BCUT2D eigenvalue weighted by Crippen LogP contribution is 2.27. The molecule has 3 aromatic heterocycles. The molecule has 0 amide bonds. The molecule has 144 valence electrons. The Kier molecular flexibility index (Phi) is 5.99. The summed E-state index contributed by atoms with van der Waals surface area (Å²) < 4.78 is 4.18. The molecule has 0 saturated carbocycles. The number of aromatic nitrogens is 4. The van der Waals surface area contributed by atoms with Crippen LogP contribution in [0.3, 0.4) is 0 Å². The van der Waals surface area contributed by atoms with Crippen LogP contribution in [0.25, 0.3) is 10.6 Å². The van der Waals surface area contributed by atoms with Gasteiger partial charge in [-0.05, 0) is 29.5 Å². The van der Waals surface area contributed by atoms with Crippen molar-refractivity contribution in [2.75, 3.05) is 6.54 Å². The van der Waals surface area contributed by atoms with Crippen LogP contribution in [0.4, 0.5) is 0 Å². The number of nitrogens with zero attached hydrogens (tertiary/aromatic N) is 4. The van der Waals surface area contributed by atoms with E-state index in [4.69, 9.17) is 5.10 Å². The van der Waals surface area contributed by atoms with E-state index in [-0.39, 0.29) is 0 Å². The van der Waals surface area contributed by atoms with Crippen LogP contribution in [0, 0.1) is 5.92 Å². The van der Waals surface area contributed by atoms with E-state index in [1.54, 1.807) is 11.3 Å². The van der Waals surface area contributed by atoms with Gasteiger partial charge in [-0.15, -0.1) is 11.3 Å². The molecular formula is C22H25N5S. The summed E-state index contributed by atoms with van der Waals surface area (Å²) >= 11 is 1.74. The largest absolute Gasteiger partial charge is 0.337 e. The summed E-state index contributed by atoms with van der Waals surface area (Å²) in [6, 6.07) is 14.7. The smallest absolute Gasteiger partial charge is 0.107 e. The highest BCUT2D eigenvalue weighted by Gasteiger charge is 2.13. The van der Waals surface area contributed by atoms with Crippen molar-refractivity contribution >= 4 is 11.3 Å². The molecule has 0 spiro atoms. The molecular weight excluding hydrogens is 366 g/mol. The van der Waals surface area contributed by atoms with E-state index >= 15 is 0 Å². The fourth-order valence-corrected chi connectivity index (χ4v) is 4.08. The minimum Gasteiger partial charge on any atom is -0.337 e. The van der Waals surface area contributed by atoms with Gasteiger partial charge in [-0.25, -0.2) is 4.98 Å². The maximum Gasteiger partial charge on any atom is 0.107 e. The monoisotopic (exact) mass is 391 g/mol. The molecule has 0 aliphatic carbocycles. The summed E-state index contributed by atoms with van der Waals surface area (Å²) in [4.78, 5) is 5.33. The zero-order valence-corrected chi connectivity index (χ0v) is 16.8. The Hall–Kier alpha value is -2.70. The molecule has 0 fully saturated rings. The van der Waals surface area contributed by atoms with Crippen LogP contribution in [0.5, 0.6) is 0 Å². The number of hydrogen-bond donors (Lipinski definition) is 1. The van der Waals surface area contributed by atoms with Gasteiger partial charge >= 0.3 is 0 Å². The maximum absolute atomic E-state index is 4.88. The summed E-state index contributed by atoms with van der Waals surface area (Å²) in [7, 11) is 0. The van der Waals surface area contributed by atoms with Crippen LogP contribution in [0.2, 0.25) is 0 Å². The highest BCUT2D eigenvalue weighted by molar-refractivity contribution is 7.13. The molecule has 1 N–H and O–H groups in total. The summed E-state index contributed by atoms with van der Waals surface area (Å²) in [6.07, 6.45) is 7.89. The minimum atomic E-state index is 0.527. The molecule has 5 nitrogen and oxygen atoms in total. The van der Waals surface area contributed by atoms with E-state index < -0.39 is 0 Å². The Morgan fingerprint density at radius 3 is 2.79 bits per heavy atom. The van der Waals surface area contributed by atoms with Crippen LogP contribution in [0.1, 0.15) is 18.1 Å². The van der Waals surface area contributed by atoms with Crippen LogP contribution >= 0.6 is 11.3 Å². The minimum absolute atomic E-state index is 0.527. The van der Waals surface area contributed by atoms with Gasteiger partial charge in [0.05, 0.1) is 17.7 Å². The number of benzene rings is 1. The fraction of sp³-hybridized carbons (Fsp3) is 0.273. The number of thiophene rings is 1.